The molecular formula is C19H22N6O. The van der Waals surface area contributed by atoms with Crippen LogP contribution in [0.5, 0.6) is 5.75 Å². The van der Waals surface area contributed by atoms with Gasteiger partial charge in [-0.3, -0.25) is 0 Å². The summed E-state index contributed by atoms with van der Waals surface area (Å²) in [5, 5.41) is 13.8. The first-order chi connectivity index (χ1) is 12.6. The fourth-order valence-electron chi connectivity index (χ4n) is 3.26. The number of pyridine rings is 1. The van der Waals surface area contributed by atoms with E-state index in [1.54, 1.807) is 18.2 Å². The van der Waals surface area contributed by atoms with Crippen LogP contribution in [-0.2, 0) is 0 Å². The van der Waals surface area contributed by atoms with Crippen molar-refractivity contribution in [1.82, 2.24) is 19.9 Å². The molecular weight excluding hydrogens is 328 g/mol. The van der Waals surface area contributed by atoms with Crippen molar-refractivity contribution in [2.24, 2.45) is 0 Å². The summed E-state index contributed by atoms with van der Waals surface area (Å²) < 4.78 is 0. The second-order valence-corrected chi connectivity index (χ2v) is 6.77. The summed E-state index contributed by atoms with van der Waals surface area (Å²) >= 11 is 0. The Morgan fingerprint density at radius 2 is 1.92 bits per heavy atom. The minimum absolute atomic E-state index is 0.205. The van der Waals surface area contributed by atoms with Crippen LogP contribution in [0, 0.1) is 0 Å². The summed E-state index contributed by atoms with van der Waals surface area (Å²) in [5.41, 5.74) is 8.23. The van der Waals surface area contributed by atoms with E-state index in [0.29, 0.717) is 23.5 Å². The highest BCUT2D eigenvalue weighted by molar-refractivity contribution is 5.88. The topological polar surface area (TPSA) is 100 Å². The Morgan fingerprint density at radius 1 is 1.12 bits per heavy atom. The minimum atomic E-state index is 0.205. The number of aromatic nitrogens is 3. The van der Waals surface area contributed by atoms with E-state index in [9.17, 15) is 5.11 Å². The fraction of sp³-hybridized carbons (Fsp3) is 0.316. The third-order valence-electron chi connectivity index (χ3n) is 4.78. The third kappa shape index (κ3) is 3.39. The van der Waals surface area contributed by atoms with Crippen molar-refractivity contribution < 1.29 is 5.11 Å². The number of fused-ring (bicyclic) bond motifs is 1. The Labute approximate surface area is 151 Å². The molecule has 3 aromatic rings. The van der Waals surface area contributed by atoms with Crippen LogP contribution in [0.1, 0.15) is 12.8 Å². The van der Waals surface area contributed by atoms with Gasteiger partial charge in [0.2, 0.25) is 5.95 Å². The maximum absolute atomic E-state index is 9.69. The molecule has 2 aromatic heterocycles. The first kappa shape index (κ1) is 16.5. The van der Waals surface area contributed by atoms with Gasteiger partial charge in [0.15, 0.2) is 5.65 Å². The first-order valence-corrected chi connectivity index (χ1v) is 8.77. The number of benzene rings is 1. The van der Waals surface area contributed by atoms with E-state index in [4.69, 9.17) is 5.73 Å². The number of nitrogens with zero attached hydrogens (tertiary/aromatic N) is 4. The zero-order valence-corrected chi connectivity index (χ0v) is 14.7. The zero-order valence-electron chi connectivity index (χ0n) is 14.7. The van der Waals surface area contributed by atoms with Crippen LogP contribution in [-0.4, -0.2) is 51.1 Å². The van der Waals surface area contributed by atoms with Crippen molar-refractivity contribution in [2.45, 2.75) is 18.9 Å². The van der Waals surface area contributed by atoms with Gasteiger partial charge in [0.25, 0.3) is 0 Å². The smallest absolute Gasteiger partial charge is 0.226 e. The average Bonchev–Trinajstić information content (AvgIpc) is 2.63. The number of anilines is 2. The number of phenols is 1. The summed E-state index contributed by atoms with van der Waals surface area (Å²) in [6.07, 6.45) is 2.10. The van der Waals surface area contributed by atoms with Crippen LogP contribution in [0.3, 0.4) is 0 Å². The SMILES string of the molecule is CN1CCC(Nc2nc(N)c3ccc(-c4cccc(O)c4)nc3n2)CC1. The second-order valence-electron chi connectivity index (χ2n) is 6.77. The lowest BCUT2D eigenvalue weighted by atomic mass is 10.1. The molecule has 0 atom stereocenters. The Kier molecular flexibility index (Phi) is 4.30. The Morgan fingerprint density at radius 3 is 2.69 bits per heavy atom. The summed E-state index contributed by atoms with van der Waals surface area (Å²) in [6, 6.07) is 11.1. The quantitative estimate of drug-likeness (QED) is 0.667. The van der Waals surface area contributed by atoms with Crippen LogP contribution >= 0.6 is 0 Å². The maximum atomic E-state index is 9.69. The number of phenolic OH excluding ortho intramolecular Hbond substituents is 1. The number of nitrogen functional groups attached to an aromatic ring is 1. The van der Waals surface area contributed by atoms with Gasteiger partial charge in [-0.2, -0.15) is 9.97 Å². The first-order valence-electron chi connectivity index (χ1n) is 8.77. The molecule has 1 aliphatic heterocycles. The molecule has 0 unspecified atom stereocenters. The molecule has 0 aliphatic carbocycles. The molecule has 7 heteroatoms. The molecule has 4 rings (SSSR count). The molecule has 1 fully saturated rings. The van der Waals surface area contributed by atoms with Gasteiger partial charge < -0.3 is 21.1 Å². The number of nitrogens with two attached hydrogens (primary N) is 1. The number of hydrogen-bond acceptors (Lipinski definition) is 7. The van der Waals surface area contributed by atoms with E-state index in [1.807, 2.05) is 18.2 Å². The Balaban J connectivity index is 1.66. The number of likely N-dealkylation sites (tertiary alicyclic amines) is 1. The van der Waals surface area contributed by atoms with E-state index in [2.05, 4.69) is 32.2 Å². The summed E-state index contributed by atoms with van der Waals surface area (Å²) in [6.45, 7) is 2.11. The van der Waals surface area contributed by atoms with Crippen molar-refractivity contribution in [2.75, 3.05) is 31.2 Å². The maximum Gasteiger partial charge on any atom is 0.226 e. The number of aromatic hydroxyl groups is 1. The molecule has 7 nitrogen and oxygen atoms in total. The van der Waals surface area contributed by atoms with Crippen LogP contribution in [0.2, 0.25) is 0 Å². The molecule has 0 radical (unpaired) electrons. The van der Waals surface area contributed by atoms with Gasteiger partial charge in [-0.1, -0.05) is 12.1 Å². The highest BCUT2D eigenvalue weighted by atomic mass is 16.3. The molecule has 1 saturated heterocycles. The molecule has 1 aliphatic rings. The fourth-order valence-corrected chi connectivity index (χ4v) is 3.26. The predicted molar refractivity (Wildman–Crippen MR) is 103 cm³/mol. The number of nitrogens with one attached hydrogen (secondary N) is 1. The Bertz CT molecular complexity index is 936. The summed E-state index contributed by atoms with van der Waals surface area (Å²) in [7, 11) is 2.13. The van der Waals surface area contributed by atoms with E-state index >= 15 is 0 Å². The normalized spacial score (nSPS) is 16.0. The van der Waals surface area contributed by atoms with E-state index in [0.717, 1.165) is 42.6 Å². The van der Waals surface area contributed by atoms with E-state index in [1.165, 1.54) is 0 Å². The van der Waals surface area contributed by atoms with Crippen molar-refractivity contribution in [3.05, 3.63) is 36.4 Å². The standard InChI is InChI=1S/C19H22N6O/c1-25-9-7-13(8-10-25)21-19-23-17(20)15-5-6-16(22-18(15)24-19)12-3-2-4-14(26)11-12/h2-6,11,13,26H,7-10H2,1H3,(H3,20,21,22,23,24). The molecule has 134 valence electrons. The van der Waals surface area contributed by atoms with Crippen molar-refractivity contribution in [3.63, 3.8) is 0 Å². The van der Waals surface area contributed by atoms with Gasteiger partial charge in [0.1, 0.15) is 11.6 Å². The van der Waals surface area contributed by atoms with Crippen molar-refractivity contribution >= 4 is 22.8 Å². The lowest BCUT2D eigenvalue weighted by Gasteiger charge is -2.29. The monoisotopic (exact) mass is 350 g/mol. The van der Waals surface area contributed by atoms with Gasteiger partial charge in [0.05, 0.1) is 11.1 Å². The average molecular weight is 350 g/mol. The molecule has 0 bridgehead atoms. The minimum Gasteiger partial charge on any atom is -0.508 e. The third-order valence-corrected chi connectivity index (χ3v) is 4.78. The van der Waals surface area contributed by atoms with Gasteiger partial charge in [0, 0.05) is 11.6 Å². The highest BCUT2D eigenvalue weighted by Crippen LogP contribution is 2.26. The van der Waals surface area contributed by atoms with Crippen LogP contribution < -0.4 is 11.1 Å². The number of hydrogen-bond donors (Lipinski definition) is 3. The van der Waals surface area contributed by atoms with Crippen LogP contribution in [0.15, 0.2) is 36.4 Å². The molecule has 0 spiro atoms. The number of rotatable bonds is 3. The largest absolute Gasteiger partial charge is 0.508 e. The lowest BCUT2D eigenvalue weighted by molar-refractivity contribution is 0.263. The molecule has 0 saturated carbocycles. The van der Waals surface area contributed by atoms with Crippen molar-refractivity contribution in [1.29, 1.82) is 0 Å². The van der Waals surface area contributed by atoms with Gasteiger partial charge in [-0.25, -0.2) is 4.98 Å². The highest BCUT2D eigenvalue weighted by Gasteiger charge is 2.18. The summed E-state index contributed by atoms with van der Waals surface area (Å²) in [5.74, 6) is 1.14. The summed E-state index contributed by atoms with van der Waals surface area (Å²) in [4.78, 5) is 15.9. The van der Waals surface area contributed by atoms with Gasteiger partial charge >= 0.3 is 0 Å². The predicted octanol–water partition coefficient (Wildman–Crippen LogP) is 2.49. The van der Waals surface area contributed by atoms with Crippen molar-refractivity contribution in [3.8, 4) is 17.0 Å². The molecule has 3 heterocycles. The lowest BCUT2D eigenvalue weighted by Crippen LogP contribution is -2.37. The Hall–Kier alpha value is -2.93. The zero-order chi connectivity index (χ0) is 18.1. The van der Waals surface area contributed by atoms with Gasteiger partial charge in [-0.15, -0.1) is 0 Å². The molecule has 4 N–H and O–H groups in total. The second kappa shape index (κ2) is 6.76. The molecule has 26 heavy (non-hydrogen) atoms. The molecule has 1 aromatic carbocycles. The molecule has 0 amide bonds. The number of piperidine rings is 1. The van der Waals surface area contributed by atoms with Crippen LogP contribution in [0.25, 0.3) is 22.3 Å². The van der Waals surface area contributed by atoms with Crippen LogP contribution in [0.4, 0.5) is 11.8 Å². The van der Waals surface area contributed by atoms with Gasteiger partial charge in [-0.05, 0) is 57.2 Å². The van der Waals surface area contributed by atoms with E-state index in [-0.39, 0.29) is 5.75 Å². The van der Waals surface area contributed by atoms with E-state index < -0.39 is 0 Å².